The minimum Gasteiger partial charge on any atom is -0.462 e. The van der Waals surface area contributed by atoms with Crippen molar-refractivity contribution in [1.29, 1.82) is 0 Å². The highest BCUT2D eigenvalue weighted by molar-refractivity contribution is 7.22. The Morgan fingerprint density at radius 3 is 2.77 bits per heavy atom. The Bertz CT molecular complexity index is 1580. The van der Waals surface area contributed by atoms with Gasteiger partial charge in [0, 0.05) is 42.2 Å². The summed E-state index contributed by atoms with van der Waals surface area (Å²) in [7, 11) is 1.99. The minimum atomic E-state index is -4.46. The van der Waals surface area contributed by atoms with Crippen molar-refractivity contribution in [2.24, 2.45) is 0 Å². The van der Waals surface area contributed by atoms with Crippen molar-refractivity contribution in [2.75, 3.05) is 50.5 Å². The SMILES string of the molecule is CN1CCC[C@H]1COc1nc(N2CCN[C@H](C(F)(F)F)C2)c2cc(Cl)c(-c3cccc4sc(N)nc34)c(F)c2n1. The van der Waals surface area contributed by atoms with E-state index in [1.54, 1.807) is 12.1 Å². The Morgan fingerprint density at radius 1 is 1.20 bits per heavy atom. The van der Waals surface area contributed by atoms with Crippen molar-refractivity contribution in [3.63, 3.8) is 0 Å². The molecular formula is C26H26ClF4N7OS. The van der Waals surface area contributed by atoms with Gasteiger partial charge in [0.2, 0.25) is 0 Å². The number of nitrogen functional groups attached to an aromatic ring is 1. The number of hydrogen-bond acceptors (Lipinski definition) is 9. The van der Waals surface area contributed by atoms with Gasteiger partial charge in [-0.15, -0.1) is 0 Å². The predicted octanol–water partition coefficient (Wildman–Crippen LogP) is 5.09. The Labute approximate surface area is 236 Å². The number of rotatable bonds is 5. The fourth-order valence-electron chi connectivity index (χ4n) is 5.40. The van der Waals surface area contributed by atoms with E-state index in [1.165, 1.54) is 22.3 Å². The number of hydrogen-bond donors (Lipinski definition) is 2. The monoisotopic (exact) mass is 595 g/mol. The highest BCUT2D eigenvalue weighted by Gasteiger charge is 2.42. The van der Waals surface area contributed by atoms with Crippen molar-refractivity contribution in [1.82, 2.24) is 25.2 Å². The average molecular weight is 596 g/mol. The van der Waals surface area contributed by atoms with Crippen LogP contribution in [0.3, 0.4) is 0 Å². The van der Waals surface area contributed by atoms with Crippen LogP contribution in [0, 0.1) is 5.82 Å². The number of halogens is 5. The molecule has 2 fully saturated rings. The van der Waals surface area contributed by atoms with Gasteiger partial charge in [-0.25, -0.2) is 9.37 Å². The third-order valence-electron chi connectivity index (χ3n) is 7.49. The molecule has 0 aliphatic carbocycles. The van der Waals surface area contributed by atoms with Gasteiger partial charge in [0.1, 0.15) is 24.0 Å². The molecule has 2 aromatic carbocycles. The van der Waals surface area contributed by atoms with Crippen LogP contribution in [0.2, 0.25) is 5.02 Å². The van der Waals surface area contributed by atoms with E-state index in [4.69, 9.17) is 22.1 Å². The molecule has 8 nitrogen and oxygen atoms in total. The zero-order valence-corrected chi connectivity index (χ0v) is 23.0. The summed E-state index contributed by atoms with van der Waals surface area (Å²) in [4.78, 5) is 16.9. The molecule has 0 radical (unpaired) electrons. The minimum absolute atomic E-state index is 0.0534. The summed E-state index contributed by atoms with van der Waals surface area (Å²) in [5.41, 5.74) is 6.82. The molecule has 2 aliphatic rings. The number of alkyl halides is 3. The van der Waals surface area contributed by atoms with Crippen LogP contribution >= 0.6 is 22.9 Å². The number of fused-ring (bicyclic) bond motifs is 2. The van der Waals surface area contributed by atoms with E-state index in [0.29, 0.717) is 16.2 Å². The maximum atomic E-state index is 16.4. The zero-order valence-electron chi connectivity index (χ0n) is 21.4. The molecule has 2 aromatic heterocycles. The number of aromatic nitrogens is 3. The quantitative estimate of drug-likeness (QED) is 0.308. The van der Waals surface area contributed by atoms with Crippen molar-refractivity contribution < 1.29 is 22.3 Å². The lowest BCUT2D eigenvalue weighted by Gasteiger charge is -2.35. The van der Waals surface area contributed by atoms with Crippen molar-refractivity contribution in [3.05, 3.63) is 35.1 Å². The Morgan fingerprint density at radius 2 is 2.02 bits per heavy atom. The van der Waals surface area contributed by atoms with Crippen LogP contribution in [0.25, 0.3) is 32.2 Å². The van der Waals surface area contributed by atoms with Gasteiger partial charge in [-0.3, -0.25) is 0 Å². The number of nitrogens with two attached hydrogens (primary N) is 1. The lowest BCUT2D eigenvalue weighted by atomic mass is 10.0. The topological polar surface area (TPSA) is 92.4 Å². The molecule has 0 unspecified atom stereocenters. The Hall–Kier alpha value is -3.00. The van der Waals surface area contributed by atoms with E-state index in [1.807, 2.05) is 13.1 Å². The van der Waals surface area contributed by atoms with E-state index in [-0.39, 0.29) is 59.1 Å². The summed E-state index contributed by atoms with van der Waals surface area (Å²) in [6, 6.07) is 5.03. The van der Waals surface area contributed by atoms with Gasteiger partial charge in [-0.1, -0.05) is 35.1 Å². The molecule has 4 heterocycles. The van der Waals surface area contributed by atoms with Crippen LogP contribution in [0.5, 0.6) is 6.01 Å². The first-order chi connectivity index (χ1) is 19.1. The second-order valence-corrected chi connectivity index (χ2v) is 11.5. The number of likely N-dealkylation sites (N-methyl/N-ethyl adjacent to an activating group) is 1. The standard InChI is InChI=1S/C26H26ClF4N7OS/c1-37-8-3-4-13(37)12-39-25-35-22-15(23(36-25)38-9-7-33-18(11-38)26(29,30)31)10-16(27)19(20(22)28)14-5-2-6-17-21(14)34-24(32)40-17/h2,5-6,10,13,18,33H,3-4,7-9,11-12H2,1H3,(H2,32,34)/t13-,18-/m0/s1. The molecule has 2 saturated heterocycles. The number of thiazole rings is 1. The molecular weight excluding hydrogens is 570 g/mol. The number of likely N-dealkylation sites (tertiary alicyclic amines) is 1. The highest BCUT2D eigenvalue weighted by atomic mass is 35.5. The van der Waals surface area contributed by atoms with Crippen molar-refractivity contribution in [2.45, 2.75) is 31.1 Å². The van der Waals surface area contributed by atoms with Gasteiger partial charge in [0.15, 0.2) is 10.9 Å². The molecule has 3 N–H and O–H groups in total. The van der Waals surface area contributed by atoms with Crippen LogP contribution in [0.4, 0.5) is 28.5 Å². The van der Waals surface area contributed by atoms with E-state index >= 15 is 4.39 Å². The van der Waals surface area contributed by atoms with Crippen LogP contribution in [0.1, 0.15) is 12.8 Å². The van der Waals surface area contributed by atoms with Gasteiger partial charge in [-0.05, 0) is 38.6 Å². The predicted molar refractivity (Wildman–Crippen MR) is 149 cm³/mol. The van der Waals surface area contributed by atoms with Crippen LogP contribution in [0.15, 0.2) is 24.3 Å². The highest BCUT2D eigenvalue weighted by Crippen LogP contribution is 2.42. The average Bonchev–Trinajstić information content (AvgIpc) is 3.51. The molecule has 2 aliphatic heterocycles. The summed E-state index contributed by atoms with van der Waals surface area (Å²) in [5, 5.41) is 3.08. The van der Waals surface area contributed by atoms with E-state index in [9.17, 15) is 13.2 Å². The first-order valence-corrected chi connectivity index (χ1v) is 14.0. The summed E-state index contributed by atoms with van der Waals surface area (Å²) in [6.45, 7) is 1.09. The molecule has 6 rings (SSSR count). The van der Waals surface area contributed by atoms with Crippen LogP contribution in [-0.2, 0) is 0 Å². The lowest BCUT2D eigenvalue weighted by molar-refractivity contribution is -0.155. The zero-order chi connectivity index (χ0) is 28.2. The van der Waals surface area contributed by atoms with Crippen molar-refractivity contribution >= 4 is 55.0 Å². The van der Waals surface area contributed by atoms with E-state index in [2.05, 4.69) is 25.2 Å². The van der Waals surface area contributed by atoms with Gasteiger partial charge < -0.3 is 25.6 Å². The fourth-order valence-corrected chi connectivity index (χ4v) is 6.46. The molecule has 0 amide bonds. The molecule has 0 saturated carbocycles. The number of nitrogens with one attached hydrogen (secondary N) is 1. The summed E-state index contributed by atoms with van der Waals surface area (Å²) < 4.78 is 64.0. The maximum Gasteiger partial charge on any atom is 0.405 e. The molecule has 0 spiro atoms. The fraction of sp³-hybridized carbons (Fsp3) is 0.423. The molecule has 40 heavy (non-hydrogen) atoms. The van der Waals surface area contributed by atoms with Gasteiger partial charge in [0.25, 0.3) is 0 Å². The number of para-hydroxylation sites is 1. The van der Waals surface area contributed by atoms with Gasteiger partial charge in [-0.2, -0.15) is 23.1 Å². The summed E-state index contributed by atoms with van der Waals surface area (Å²) in [5.74, 6) is -0.602. The van der Waals surface area contributed by atoms with Gasteiger partial charge >= 0.3 is 12.2 Å². The Kier molecular flexibility index (Phi) is 7.09. The number of ether oxygens (including phenoxy) is 1. The first kappa shape index (κ1) is 27.2. The lowest BCUT2D eigenvalue weighted by Crippen LogP contribution is -2.57. The largest absolute Gasteiger partial charge is 0.462 e. The smallest absolute Gasteiger partial charge is 0.405 e. The van der Waals surface area contributed by atoms with Crippen molar-refractivity contribution in [3.8, 4) is 17.1 Å². The summed E-state index contributed by atoms with van der Waals surface area (Å²) >= 11 is 7.93. The normalized spacial score (nSPS) is 20.6. The van der Waals surface area contributed by atoms with Crippen LogP contribution < -0.4 is 20.7 Å². The number of nitrogens with zero attached hydrogens (tertiary/aromatic N) is 5. The summed E-state index contributed by atoms with van der Waals surface area (Å²) in [6.07, 6.45) is -2.51. The molecule has 4 aromatic rings. The molecule has 14 heteroatoms. The van der Waals surface area contributed by atoms with Gasteiger partial charge in [0.05, 0.1) is 15.2 Å². The molecule has 2 atom stereocenters. The second kappa shape index (κ2) is 10.4. The number of piperazine rings is 1. The second-order valence-electron chi connectivity index (χ2n) is 10.1. The third-order valence-corrected chi connectivity index (χ3v) is 8.64. The Balaban J connectivity index is 1.49. The van der Waals surface area contributed by atoms with Crippen LogP contribution in [-0.4, -0.2) is 77.9 Å². The van der Waals surface area contributed by atoms with E-state index in [0.717, 1.165) is 24.1 Å². The third kappa shape index (κ3) is 5.00. The molecule has 0 bridgehead atoms. The number of anilines is 2. The van der Waals surface area contributed by atoms with E-state index < -0.39 is 24.6 Å². The first-order valence-electron chi connectivity index (χ1n) is 12.8. The molecule has 212 valence electrons. The number of benzene rings is 2. The maximum absolute atomic E-state index is 16.4.